The van der Waals surface area contributed by atoms with Crippen LogP contribution in [0.5, 0.6) is 0 Å². The van der Waals surface area contributed by atoms with E-state index in [4.69, 9.17) is 5.73 Å². The first-order valence-electron chi connectivity index (χ1n) is 12.6. The number of fused-ring (bicyclic) bond motifs is 2. The van der Waals surface area contributed by atoms with Gasteiger partial charge in [0.15, 0.2) is 11.6 Å². The molecule has 200 valence electrons. The van der Waals surface area contributed by atoms with Crippen molar-refractivity contribution in [2.24, 2.45) is 0 Å². The maximum Gasteiger partial charge on any atom is 0.225 e. The highest BCUT2D eigenvalue weighted by molar-refractivity contribution is 5.87. The van der Waals surface area contributed by atoms with E-state index in [9.17, 15) is 10.2 Å². The Labute approximate surface area is 224 Å². The topological polar surface area (TPSA) is 180 Å². The third-order valence-electron chi connectivity index (χ3n) is 6.20. The molecule has 7 N–H and O–H groups in total. The number of aliphatic hydroxyl groups excluding tert-OH is 2. The summed E-state index contributed by atoms with van der Waals surface area (Å²) in [7, 11) is 0. The quantitative estimate of drug-likeness (QED) is 0.148. The summed E-state index contributed by atoms with van der Waals surface area (Å²) in [6.07, 6.45) is 3.84. The molecule has 5 rings (SSSR count). The molecule has 0 saturated heterocycles. The third-order valence-corrected chi connectivity index (χ3v) is 6.20. The first-order valence-corrected chi connectivity index (χ1v) is 12.6. The van der Waals surface area contributed by atoms with Gasteiger partial charge in [-0.3, -0.25) is 9.97 Å². The van der Waals surface area contributed by atoms with E-state index in [0.29, 0.717) is 46.1 Å². The molecule has 4 heterocycles. The van der Waals surface area contributed by atoms with Crippen LogP contribution in [0, 0.1) is 0 Å². The zero-order valence-electron chi connectivity index (χ0n) is 21.4. The van der Waals surface area contributed by atoms with E-state index in [2.05, 4.69) is 45.9 Å². The summed E-state index contributed by atoms with van der Waals surface area (Å²) in [4.78, 5) is 26.6. The second-order valence-electron chi connectivity index (χ2n) is 9.16. The minimum Gasteiger partial charge on any atom is -0.394 e. The van der Waals surface area contributed by atoms with Crippen LogP contribution in [-0.2, 0) is 0 Å². The van der Waals surface area contributed by atoms with Gasteiger partial charge in [0.2, 0.25) is 11.9 Å². The number of nitrogens with zero attached hydrogens (tertiary/aromatic N) is 6. The van der Waals surface area contributed by atoms with E-state index in [1.165, 1.54) is 0 Å². The maximum absolute atomic E-state index is 10.1. The van der Waals surface area contributed by atoms with Gasteiger partial charge < -0.3 is 31.9 Å². The van der Waals surface area contributed by atoms with Gasteiger partial charge in [0.05, 0.1) is 36.3 Å². The lowest BCUT2D eigenvalue weighted by molar-refractivity contribution is 0.266. The molecule has 0 aliphatic rings. The molecule has 39 heavy (non-hydrogen) atoms. The van der Waals surface area contributed by atoms with Crippen LogP contribution in [0.2, 0.25) is 0 Å². The minimum absolute atomic E-state index is 0.121. The van der Waals surface area contributed by atoms with Crippen LogP contribution in [0.3, 0.4) is 0 Å². The number of nitrogen functional groups attached to an aromatic ring is 1. The fraction of sp³-hybridized carbons (Fsp3) is 0.259. The van der Waals surface area contributed by atoms with Crippen LogP contribution in [0.4, 0.5) is 23.5 Å². The Morgan fingerprint density at radius 2 is 1.41 bits per heavy atom. The highest BCUT2D eigenvalue weighted by atomic mass is 16.3. The number of hydrogen-bond acceptors (Lipinski definition) is 12. The van der Waals surface area contributed by atoms with Gasteiger partial charge in [-0.25, -0.2) is 9.97 Å². The molecule has 4 aromatic heterocycles. The van der Waals surface area contributed by atoms with Crippen LogP contribution < -0.4 is 21.7 Å². The summed E-state index contributed by atoms with van der Waals surface area (Å²) in [5, 5.41) is 30.1. The van der Waals surface area contributed by atoms with Gasteiger partial charge in [0.1, 0.15) is 11.0 Å². The fourth-order valence-electron chi connectivity index (χ4n) is 4.38. The minimum atomic E-state index is -0.372. The molecule has 12 nitrogen and oxygen atoms in total. The van der Waals surface area contributed by atoms with Crippen LogP contribution in [0.25, 0.3) is 22.1 Å². The number of benzene rings is 1. The monoisotopic (exact) mass is 526 g/mol. The van der Waals surface area contributed by atoms with Gasteiger partial charge in [-0.2, -0.15) is 9.97 Å². The zero-order valence-corrected chi connectivity index (χ0v) is 21.4. The zero-order chi connectivity index (χ0) is 27.2. The normalized spacial score (nSPS) is 13.6. The van der Waals surface area contributed by atoms with E-state index in [-0.39, 0.29) is 37.3 Å². The van der Waals surface area contributed by atoms with E-state index >= 15 is 0 Å². The van der Waals surface area contributed by atoms with Crippen LogP contribution in [0.15, 0.2) is 67.0 Å². The predicted molar refractivity (Wildman–Crippen MR) is 151 cm³/mol. The first kappa shape index (κ1) is 25.9. The van der Waals surface area contributed by atoms with Crippen molar-refractivity contribution in [3.8, 4) is 0 Å². The molecular formula is C27H30N10O2. The van der Waals surface area contributed by atoms with Crippen LogP contribution in [0.1, 0.15) is 24.9 Å². The van der Waals surface area contributed by atoms with E-state index in [0.717, 1.165) is 5.56 Å². The summed E-state index contributed by atoms with van der Waals surface area (Å²) < 4.78 is 0. The molecule has 0 aliphatic carbocycles. The Hall–Kier alpha value is -4.68. The molecule has 1 unspecified atom stereocenters. The molecule has 0 aliphatic heterocycles. The van der Waals surface area contributed by atoms with Gasteiger partial charge in [-0.05, 0) is 43.2 Å². The van der Waals surface area contributed by atoms with Gasteiger partial charge in [-0.1, -0.05) is 30.3 Å². The number of hydrogen-bond donors (Lipinski definition) is 6. The van der Waals surface area contributed by atoms with Gasteiger partial charge in [0.25, 0.3) is 0 Å². The summed E-state index contributed by atoms with van der Waals surface area (Å²) >= 11 is 0. The molecule has 0 radical (unpaired) electrons. The van der Waals surface area contributed by atoms with Crippen molar-refractivity contribution in [3.63, 3.8) is 0 Å². The van der Waals surface area contributed by atoms with Crippen LogP contribution in [-0.4, -0.2) is 65.4 Å². The van der Waals surface area contributed by atoms with Crippen molar-refractivity contribution in [3.05, 3.63) is 72.6 Å². The molecule has 0 spiro atoms. The largest absolute Gasteiger partial charge is 0.394 e. The molecule has 1 aromatic carbocycles. The highest BCUT2D eigenvalue weighted by Crippen LogP contribution is 2.25. The molecule has 5 aromatic rings. The molecular weight excluding hydrogens is 496 g/mol. The SMILES string of the molecule is CC(C[C@H](CO)Nc1nc(N)nc2cccnc12)Nc1nc(N[C@H](CO)c2ccccc2)c2ncccc2n1. The molecule has 0 bridgehead atoms. The Balaban J connectivity index is 1.35. The number of anilines is 4. The van der Waals surface area contributed by atoms with Crippen molar-refractivity contribution in [1.29, 1.82) is 0 Å². The molecule has 3 atom stereocenters. The van der Waals surface area contributed by atoms with Crippen molar-refractivity contribution in [1.82, 2.24) is 29.9 Å². The van der Waals surface area contributed by atoms with E-state index in [1.54, 1.807) is 24.5 Å². The number of aliphatic hydroxyl groups is 2. The van der Waals surface area contributed by atoms with Crippen molar-refractivity contribution in [2.45, 2.75) is 31.5 Å². The lowest BCUT2D eigenvalue weighted by Crippen LogP contribution is -2.32. The lowest BCUT2D eigenvalue weighted by Gasteiger charge is -2.23. The average molecular weight is 527 g/mol. The summed E-state index contributed by atoms with van der Waals surface area (Å²) in [6.45, 7) is 1.71. The van der Waals surface area contributed by atoms with Gasteiger partial charge in [0, 0.05) is 18.4 Å². The summed E-state index contributed by atoms with van der Waals surface area (Å²) in [5.41, 5.74) is 9.24. The Morgan fingerprint density at radius 1 is 0.744 bits per heavy atom. The Bertz CT molecular complexity index is 1550. The second kappa shape index (κ2) is 11.8. The third kappa shape index (κ3) is 6.08. The number of aromatic nitrogens is 6. The summed E-state index contributed by atoms with van der Waals surface area (Å²) in [6, 6.07) is 16.0. The predicted octanol–water partition coefficient (Wildman–Crippen LogP) is 2.75. The van der Waals surface area contributed by atoms with Crippen molar-refractivity contribution >= 4 is 45.6 Å². The highest BCUT2D eigenvalue weighted by Gasteiger charge is 2.19. The average Bonchev–Trinajstić information content (AvgIpc) is 2.95. The Kier molecular flexibility index (Phi) is 7.85. The van der Waals surface area contributed by atoms with Crippen LogP contribution >= 0.6 is 0 Å². The molecule has 0 saturated carbocycles. The lowest BCUT2D eigenvalue weighted by atomic mass is 10.1. The van der Waals surface area contributed by atoms with Gasteiger partial charge in [-0.15, -0.1) is 0 Å². The molecule has 12 heteroatoms. The van der Waals surface area contributed by atoms with E-state index < -0.39 is 0 Å². The van der Waals surface area contributed by atoms with E-state index in [1.807, 2.05) is 49.4 Å². The van der Waals surface area contributed by atoms with Crippen molar-refractivity contribution in [2.75, 3.05) is 34.9 Å². The standard InChI is InChI=1S/C27H30N10O2/c1-16(13-18(14-38)32-24-22-19(9-5-11-29-22)34-26(28)36-24)31-27-35-20-10-6-12-30-23(20)25(37-27)33-21(15-39)17-7-3-2-4-8-17/h2-12,16,18,21,38-39H,13-15H2,1H3,(H3,28,32,34,36)(H2,31,33,35,37)/t16?,18-,21-/m1/s1. The maximum atomic E-state index is 10.1. The number of pyridine rings is 2. The first-order chi connectivity index (χ1) is 19.0. The van der Waals surface area contributed by atoms with Crippen molar-refractivity contribution < 1.29 is 10.2 Å². The number of nitrogens with one attached hydrogen (secondary N) is 3. The smallest absolute Gasteiger partial charge is 0.225 e. The number of rotatable bonds is 11. The fourth-order valence-corrected chi connectivity index (χ4v) is 4.38. The van der Waals surface area contributed by atoms with Gasteiger partial charge >= 0.3 is 0 Å². The summed E-state index contributed by atoms with van der Waals surface area (Å²) in [5.74, 6) is 1.48. The molecule has 0 fully saturated rings. The number of nitrogens with two attached hydrogens (primary N) is 1. The second-order valence-corrected chi connectivity index (χ2v) is 9.16. The molecule has 0 amide bonds. The Morgan fingerprint density at radius 3 is 2.08 bits per heavy atom.